The van der Waals surface area contributed by atoms with Gasteiger partial charge in [-0.2, -0.15) is 10.1 Å². The second-order valence-corrected chi connectivity index (χ2v) is 10.00. The number of imide groups is 2. The molecule has 1 saturated carbocycles. The summed E-state index contributed by atoms with van der Waals surface area (Å²) in [6, 6.07) is 14.2. The van der Waals surface area contributed by atoms with Gasteiger partial charge in [-0.05, 0) is 30.4 Å². The molecule has 2 aromatic rings. The predicted octanol–water partition coefficient (Wildman–Crippen LogP) is 2.39. The molecule has 2 saturated heterocycles. The topological polar surface area (TPSA) is 145 Å². The molecule has 0 radical (unpaired) electrons. The number of benzene rings is 2. The van der Waals surface area contributed by atoms with Gasteiger partial charge in [0.25, 0.3) is 23.6 Å². The van der Waals surface area contributed by atoms with Crippen molar-refractivity contribution in [3.8, 4) is 11.5 Å². The van der Waals surface area contributed by atoms with E-state index in [0.29, 0.717) is 16.9 Å². The van der Waals surface area contributed by atoms with Gasteiger partial charge in [-0.3, -0.25) is 29.6 Å². The van der Waals surface area contributed by atoms with Crippen molar-refractivity contribution in [2.75, 3.05) is 0 Å². The van der Waals surface area contributed by atoms with E-state index in [4.69, 9.17) is 4.74 Å². The van der Waals surface area contributed by atoms with Gasteiger partial charge >= 0.3 is 0 Å². The average Bonchev–Trinajstić information content (AvgIpc) is 3.26. The molecule has 4 amide bonds. The maximum absolute atomic E-state index is 13.0. The van der Waals surface area contributed by atoms with Crippen molar-refractivity contribution in [2.24, 2.45) is 29.6 Å². The zero-order valence-corrected chi connectivity index (χ0v) is 19.6. The number of phenols is 1. The van der Waals surface area contributed by atoms with Crippen LogP contribution in [0.15, 0.2) is 60.2 Å². The molecule has 0 aromatic heterocycles. The van der Waals surface area contributed by atoms with Crippen molar-refractivity contribution >= 4 is 23.6 Å². The molecule has 37 heavy (non-hydrogen) atoms. The Morgan fingerprint density at radius 3 is 2.19 bits per heavy atom. The number of hydroxylamine groups is 4. The number of phenolic OH excluding ortho intramolecular Hbond substituents is 1. The minimum Gasteiger partial charge on any atom is -0.508 e. The van der Waals surface area contributed by atoms with Crippen LogP contribution in [0.1, 0.15) is 29.9 Å². The van der Waals surface area contributed by atoms with Crippen LogP contribution >= 0.6 is 0 Å². The largest absolute Gasteiger partial charge is 0.508 e. The molecule has 0 bridgehead atoms. The van der Waals surface area contributed by atoms with Crippen LogP contribution < -0.4 is 4.74 Å². The Labute approximate surface area is 211 Å². The summed E-state index contributed by atoms with van der Waals surface area (Å²) in [5, 5.41) is 31.5. The monoisotopic (exact) mass is 504 g/mol. The molecule has 10 heteroatoms. The summed E-state index contributed by atoms with van der Waals surface area (Å²) in [5.74, 6) is -7.72. The fourth-order valence-corrected chi connectivity index (χ4v) is 6.52. The van der Waals surface area contributed by atoms with Crippen LogP contribution in [0.2, 0.25) is 0 Å². The zero-order chi connectivity index (χ0) is 26.0. The number of carbonyl (C=O) groups excluding carboxylic acids is 4. The lowest BCUT2D eigenvalue weighted by Crippen LogP contribution is -2.43. The Bertz CT molecular complexity index is 1360. The first-order valence-corrected chi connectivity index (χ1v) is 12.1. The Kier molecular flexibility index (Phi) is 5.39. The van der Waals surface area contributed by atoms with E-state index in [1.807, 2.05) is 30.3 Å². The number of fused-ring (bicyclic) bond motifs is 4. The molecule has 190 valence electrons. The Balaban J connectivity index is 1.38. The van der Waals surface area contributed by atoms with E-state index < -0.39 is 59.1 Å². The number of carbonyl (C=O) groups is 4. The zero-order valence-electron chi connectivity index (χ0n) is 19.6. The average molecular weight is 504 g/mol. The maximum Gasteiger partial charge on any atom is 0.258 e. The van der Waals surface area contributed by atoms with Crippen LogP contribution in [0, 0.1) is 29.6 Å². The summed E-state index contributed by atoms with van der Waals surface area (Å²) in [6.07, 6.45) is 2.02. The van der Waals surface area contributed by atoms with Gasteiger partial charge in [-0.1, -0.05) is 48.0 Å². The number of ether oxygens (including phenoxy) is 1. The molecule has 0 spiro atoms. The smallest absolute Gasteiger partial charge is 0.258 e. The third-order valence-electron chi connectivity index (χ3n) is 8.19. The fourth-order valence-electron chi connectivity index (χ4n) is 6.52. The van der Waals surface area contributed by atoms with Crippen LogP contribution in [-0.4, -0.2) is 49.3 Å². The van der Waals surface area contributed by atoms with E-state index in [2.05, 4.69) is 0 Å². The second kappa shape index (κ2) is 8.53. The highest BCUT2D eigenvalue weighted by atomic mass is 16.5. The van der Waals surface area contributed by atoms with E-state index >= 15 is 0 Å². The van der Waals surface area contributed by atoms with E-state index in [-0.39, 0.29) is 35.3 Å². The summed E-state index contributed by atoms with van der Waals surface area (Å²) < 4.78 is 5.80. The first-order valence-electron chi connectivity index (χ1n) is 12.1. The Morgan fingerprint density at radius 2 is 1.49 bits per heavy atom. The molecule has 6 atom stereocenters. The minimum absolute atomic E-state index is 0.0711. The van der Waals surface area contributed by atoms with E-state index in [1.165, 1.54) is 6.07 Å². The summed E-state index contributed by atoms with van der Waals surface area (Å²) in [7, 11) is 0. The molecule has 2 heterocycles. The molecule has 3 fully saturated rings. The SMILES string of the molecule is O=C1C2CC=C3C(CC4C(=O)N(O)C(=O)C4C3c3ccc(OCc4ccccc4)cc3O)C2C(=O)N1O. The van der Waals surface area contributed by atoms with Crippen molar-refractivity contribution in [1.82, 2.24) is 10.1 Å². The normalized spacial score (nSPS) is 30.7. The molecule has 6 unspecified atom stereocenters. The molecule has 2 aromatic carbocycles. The molecular weight excluding hydrogens is 480 g/mol. The number of hydrogen-bond donors (Lipinski definition) is 3. The van der Waals surface area contributed by atoms with Crippen molar-refractivity contribution in [3.63, 3.8) is 0 Å². The van der Waals surface area contributed by atoms with Crippen LogP contribution in [0.4, 0.5) is 0 Å². The first-order chi connectivity index (χ1) is 17.8. The van der Waals surface area contributed by atoms with Gasteiger partial charge < -0.3 is 9.84 Å². The van der Waals surface area contributed by atoms with Gasteiger partial charge in [0.15, 0.2) is 0 Å². The molecule has 4 aliphatic rings. The number of aromatic hydroxyl groups is 1. The third kappa shape index (κ3) is 3.47. The van der Waals surface area contributed by atoms with Crippen molar-refractivity contribution < 1.29 is 39.4 Å². The summed E-state index contributed by atoms with van der Waals surface area (Å²) >= 11 is 0. The molecule has 6 rings (SSSR count). The number of nitrogens with zero attached hydrogens (tertiary/aromatic N) is 2. The lowest BCUT2D eigenvalue weighted by molar-refractivity contribution is -0.174. The summed E-state index contributed by atoms with van der Waals surface area (Å²) in [4.78, 5) is 51.0. The minimum atomic E-state index is -0.976. The van der Waals surface area contributed by atoms with Crippen molar-refractivity contribution in [2.45, 2.75) is 25.4 Å². The maximum atomic E-state index is 13.0. The van der Waals surface area contributed by atoms with Crippen molar-refractivity contribution in [1.29, 1.82) is 0 Å². The number of hydrogen-bond acceptors (Lipinski definition) is 8. The van der Waals surface area contributed by atoms with E-state index in [0.717, 1.165) is 5.56 Å². The number of amides is 4. The Morgan fingerprint density at radius 1 is 0.811 bits per heavy atom. The summed E-state index contributed by atoms with van der Waals surface area (Å²) in [6.45, 7) is 0.282. The fraction of sp³-hybridized carbons (Fsp3) is 0.333. The predicted molar refractivity (Wildman–Crippen MR) is 124 cm³/mol. The highest BCUT2D eigenvalue weighted by molar-refractivity contribution is 6.06. The highest BCUT2D eigenvalue weighted by Crippen LogP contribution is 2.58. The van der Waals surface area contributed by atoms with Gasteiger partial charge in [0.05, 0.1) is 23.7 Å². The highest BCUT2D eigenvalue weighted by Gasteiger charge is 2.62. The quantitative estimate of drug-likeness (QED) is 0.327. The number of allylic oxidation sites excluding steroid dienone is 2. The van der Waals surface area contributed by atoms with Gasteiger partial charge in [-0.15, -0.1) is 0 Å². The standard InChI is InChI=1S/C27H24N2O8/c30-20-10-14(37-12-13-4-2-1-3-5-13)6-7-16(20)21-15-8-9-17-22(26(33)28(35)24(17)31)18(15)11-19-23(21)27(34)29(36)25(19)32/h1-8,10,17-19,21-23,30,35-36H,9,11-12H2. The van der Waals surface area contributed by atoms with Gasteiger partial charge in [0, 0.05) is 17.5 Å². The van der Waals surface area contributed by atoms with Crippen molar-refractivity contribution in [3.05, 3.63) is 71.3 Å². The van der Waals surface area contributed by atoms with Crippen LogP contribution in [0.5, 0.6) is 11.5 Å². The summed E-state index contributed by atoms with van der Waals surface area (Å²) in [5.41, 5.74) is 1.94. The molecule has 2 aliphatic carbocycles. The van der Waals surface area contributed by atoms with Crippen LogP contribution in [-0.2, 0) is 25.8 Å². The van der Waals surface area contributed by atoms with Gasteiger partial charge in [-0.25, -0.2) is 0 Å². The molecular formula is C27H24N2O8. The second-order valence-electron chi connectivity index (χ2n) is 10.00. The third-order valence-corrected chi connectivity index (χ3v) is 8.19. The van der Waals surface area contributed by atoms with E-state index in [9.17, 15) is 34.7 Å². The number of rotatable bonds is 4. The molecule has 3 N–H and O–H groups in total. The lowest BCUT2D eigenvalue weighted by Gasteiger charge is -2.43. The van der Waals surface area contributed by atoms with Crippen LogP contribution in [0.3, 0.4) is 0 Å². The Hall–Kier alpha value is -4.02. The van der Waals surface area contributed by atoms with Gasteiger partial charge in [0.1, 0.15) is 18.1 Å². The van der Waals surface area contributed by atoms with E-state index in [1.54, 1.807) is 18.2 Å². The molecule has 2 aliphatic heterocycles. The van der Waals surface area contributed by atoms with Crippen LogP contribution in [0.25, 0.3) is 0 Å². The molecule has 10 nitrogen and oxygen atoms in total. The van der Waals surface area contributed by atoms with Gasteiger partial charge in [0.2, 0.25) is 0 Å². The lowest BCUT2D eigenvalue weighted by atomic mass is 9.57. The first kappa shape index (κ1) is 23.4.